The van der Waals surface area contributed by atoms with Crippen molar-refractivity contribution in [2.24, 2.45) is 0 Å². The summed E-state index contributed by atoms with van der Waals surface area (Å²) in [5.74, 6) is 0.151. The number of carbonyl (C=O) groups is 1. The molecule has 0 aliphatic rings. The number of hydrogen-bond acceptors (Lipinski definition) is 2. The second-order valence-corrected chi connectivity index (χ2v) is 4.42. The number of hydrogen-bond donors (Lipinski definition) is 0. The Morgan fingerprint density at radius 3 is 2.42 bits per heavy atom. The zero-order valence-electron chi connectivity index (χ0n) is 11.1. The fraction of sp³-hybridized carbons (Fsp3) is 0.250. The van der Waals surface area contributed by atoms with Gasteiger partial charge in [-0.25, -0.2) is 0 Å². The van der Waals surface area contributed by atoms with Crippen LogP contribution in [-0.2, 0) is 11.3 Å². The van der Waals surface area contributed by atoms with Crippen LogP contribution in [0.15, 0.2) is 54.9 Å². The Bertz CT molecular complexity index is 511. The third kappa shape index (κ3) is 3.65. The molecule has 0 N–H and O–H groups in total. The van der Waals surface area contributed by atoms with Gasteiger partial charge >= 0.3 is 0 Å². The minimum absolute atomic E-state index is 0.151. The standard InChI is InChI=1S/C16H18N2O/c1-2-6-16(19)18(15-9-11-17-12-10-15)13-14-7-4-3-5-8-14/h3-5,7-12H,2,6,13H2,1H3. The minimum atomic E-state index is 0.151. The number of pyridine rings is 1. The van der Waals surface area contributed by atoms with E-state index in [4.69, 9.17) is 0 Å². The van der Waals surface area contributed by atoms with Gasteiger partial charge in [-0.15, -0.1) is 0 Å². The Hall–Kier alpha value is -2.16. The molecular weight excluding hydrogens is 236 g/mol. The number of carbonyl (C=O) groups excluding carboxylic acids is 1. The van der Waals surface area contributed by atoms with Crippen molar-refractivity contribution in [1.82, 2.24) is 4.98 Å². The lowest BCUT2D eigenvalue weighted by atomic mass is 10.2. The van der Waals surface area contributed by atoms with Gasteiger partial charge < -0.3 is 4.90 Å². The van der Waals surface area contributed by atoms with E-state index in [-0.39, 0.29) is 5.91 Å². The maximum atomic E-state index is 12.3. The summed E-state index contributed by atoms with van der Waals surface area (Å²) in [4.78, 5) is 18.1. The molecular formula is C16H18N2O. The van der Waals surface area contributed by atoms with Gasteiger partial charge in [0.25, 0.3) is 0 Å². The van der Waals surface area contributed by atoms with Crippen molar-refractivity contribution in [2.75, 3.05) is 4.90 Å². The zero-order valence-corrected chi connectivity index (χ0v) is 11.1. The van der Waals surface area contributed by atoms with Crippen molar-refractivity contribution in [3.63, 3.8) is 0 Å². The van der Waals surface area contributed by atoms with E-state index in [1.165, 1.54) is 0 Å². The van der Waals surface area contributed by atoms with Gasteiger partial charge in [-0.2, -0.15) is 0 Å². The van der Waals surface area contributed by atoms with Gasteiger partial charge in [-0.05, 0) is 24.1 Å². The van der Waals surface area contributed by atoms with Crippen molar-refractivity contribution in [3.05, 3.63) is 60.4 Å². The van der Waals surface area contributed by atoms with Gasteiger partial charge in [0.1, 0.15) is 0 Å². The highest BCUT2D eigenvalue weighted by Gasteiger charge is 2.14. The highest BCUT2D eigenvalue weighted by molar-refractivity contribution is 5.93. The molecule has 1 amide bonds. The van der Waals surface area contributed by atoms with Crippen molar-refractivity contribution in [2.45, 2.75) is 26.3 Å². The predicted octanol–water partition coefficient (Wildman–Crippen LogP) is 3.41. The first-order valence-corrected chi connectivity index (χ1v) is 6.55. The number of benzene rings is 1. The van der Waals surface area contributed by atoms with Crippen LogP contribution in [0.4, 0.5) is 5.69 Å². The molecule has 1 aromatic carbocycles. The summed E-state index contributed by atoms with van der Waals surface area (Å²) in [6, 6.07) is 13.8. The van der Waals surface area contributed by atoms with Crippen LogP contribution in [0, 0.1) is 0 Å². The molecule has 0 spiro atoms. The molecule has 0 fully saturated rings. The van der Waals surface area contributed by atoms with E-state index in [0.717, 1.165) is 17.7 Å². The number of amides is 1. The van der Waals surface area contributed by atoms with E-state index in [9.17, 15) is 4.79 Å². The number of nitrogens with zero attached hydrogens (tertiary/aromatic N) is 2. The van der Waals surface area contributed by atoms with Gasteiger partial charge in [0, 0.05) is 24.5 Å². The molecule has 3 nitrogen and oxygen atoms in total. The van der Waals surface area contributed by atoms with Gasteiger partial charge in [0.15, 0.2) is 0 Å². The predicted molar refractivity (Wildman–Crippen MR) is 76.8 cm³/mol. The zero-order chi connectivity index (χ0) is 13.5. The van der Waals surface area contributed by atoms with Crippen LogP contribution in [0.1, 0.15) is 25.3 Å². The van der Waals surface area contributed by atoms with Crippen LogP contribution in [0.2, 0.25) is 0 Å². The molecule has 1 heterocycles. The monoisotopic (exact) mass is 254 g/mol. The SMILES string of the molecule is CCCC(=O)N(Cc1ccccc1)c1ccncc1. The van der Waals surface area contributed by atoms with E-state index < -0.39 is 0 Å². The van der Waals surface area contributed by atoms with Gasteiger partial charge in [-0.1, -0.05) is 37.3 Å². The van der Waals surface area contributed by atoms with Crippen molar-refractivity contribution < 1.29 is 4.79 Å². The van der Waals surface area contributed by atoms with Gasteiger partial charge in [0.2, 0.25) is 5.91 Å². The van der Waals surface area contributed by atoms with Crippen LogP contribution < -0.4 is 4.90 Å². The summed E-state index contributed by atoms with van der Waals surface area (Å²) in [6.07, 6.45) is 4.85. The second-order valence-electron chi connectivity index (χ2n) is 4.42. The molecule has 0 saturated carbocycles. The first-order valence-electron chi connectivity index (χ1n) is 6.55. The Kier molecular flexibility index (Phi) is 4.67. The summed E-state index contributed by atoms with van der Waals surface area (Å²) < 4.78 is 0. The Morgan fingerprint density at radius 2 is 1.79 bits per heavy atom. The third-order valence-corrected chi connectivity index (χ3v) is 2.92. The maximum Gasteiger partial charge on any atom is 0.227 e. The third-order valence-electron chi connectivity index (χ3n) is 2.92. The molecule has 2 rings (SSSR count). The van der Waals surface area contributed by atoms with Gasteiger partial charge in [0.05, 0.1) is 6.54 Å². The minimum Gasteiger partial charge on any atom is -0.308 e. The smallest absolute Gasteiger partial charge is 0.227 e. The van der Waals surface area contributed by atoms with Crippen molar-refractivity contribution in [1.29, 1.82) is 0 Å². The molecule has 3 heteroatoms. The molecule has 98 valence electrons. The summed E-state index contributed by atoms with van der Waals surface area (Å²) in [6.45, 7) is 2.62. The molecule has 0 saturated heterocycles. The Balaban J connectivity index is 2.22. The molecule has 0 radical (unpaired) electrons. The second kappa shape index (κ2) is 6.69. The number of rotatable bonds is 5. The average molecular weight is 254 g/mol. The fourth-order valence-corrected chi connectivity index (χ4v) is 1.96. The summed E-state index contributed by atoms with van der Waals surface area (Å²) >= 11 is 0. The highest BCUT2D eigenvalue weighted by Crippen LogP contribution is 2.17. The molecule has 0 aliphatic heterocycles. The summed E-state index contributed by atoms with van der Waals surface area (Å²) in [5.41, 5.74) is 2.03. The van der Waals surface area contributed by atoms with E-state index in [1.54, 1.807) is 12.4 Å². The van der Waals surface area contributed by atoms with E-state index >= 15 is 0 Å². The average Bonchev–Trinajstić information content (AvgIpc) is 2.47. The van der Waals surface area contributed by atoms with Crippen LogP contribution >= 0.6 is 0 Å². The lowest BCUT2D eigenvalue weighted by Gasteiger charge is -2.22. The number of anilines is 1. The van der Waals surface area contributed by atoms with Crippen LogP contribution in [0.5, 0.6) is 0 Å². The lowest BCUT2D eigenvalue weighted by molar-refractivity contribution is -0.118. The van der Waals surface area contributed by atoms with Crippen LogP contribution in [-0.4, -0.2) is 10.9 Å². The van der Waals surface area contributed by atoms with Crippen molar-refractivity contribution >= 4 is 11.6 Å². The molecule has 2 aromatic rings. The topological polar surface area (TPSA) is 33.2 Å². The summed E-state index contributed by atoms with van der Waals surface area (Å²) in [5, 5.41) is 0. The normalized spacial score (nSPS) is 10.2. The molecule has 0 aliphatic carbocycles. The van der Waals surface area contributed by atoms with E-state index in [0.29, 0.717) is 13.0 Å². The lowest BCUT2D eigenvalue weighted by Crippen LogP contribution is -2.30. The first kappa shape index (κ1) is 13.3. The molecule has 0 bridgehead atoms. The van der Waals surface area contributed by atoms with Gasteiger partial charge in [-0.3, -0.25) is 9.78 Å². The quantitative estimate of drug-likeness (QED) is 0.819. The summed E-state index contributed by atoms with van der Waals surface area (Å²) in [7, 11) is 0. The Labute approximate surface area is 113 Å². The molecule has 19 heavy (non-hydrogen) atoms. The fourth-order valence-electron chi connectivity index (χ4n) is 1.96. The first-order chi connectivity index (χ1) is 9.31. The van der Waals surface area contributed by atoms with E-state index in [1.807, 2.05) is 54.3 Å². The number of aromatic nitrogens is 1. The highest BCUT2D eigenvalue weighted by atomic mass is 16.2. The molecule has 1 aromatic heterocycles. The van der Waals surface area contributed by atoms with Crippen LogP contribution in [0.25, 0.3) is 0 Å². The Morgan fingerprint density at radius 1 is 1.11 bits per heavy atom. The molecule has 0 unspecified atom stereocenters. The van der Waals surface area contributed by atoms with E-state index in [2.05, 4.69) is 4.98 Å². The van der Waals surface area contributed by atoms with Crippen LogP contribution in [0.3, 0.4) is 0 Å². The molecule has 0 atom stereocenters. The maximum absolute atomic E-state index is 12.3. The largest absolute Gasteiger partial charge is 0.308 e. The van der Waals surface area contributed by atoms with Crippen molar-refractivity contribution in [3.8, 4) is 0 Å².